The van der Waals surface area contributed by atoms with Crippen molar-refractivity contribution in [3.05, 3.63) is 53.1 Å². The first-order valence-corrected chi connectivity index (χ1v) is 12.5. The molecule has 1 fully saturated rings. The van der Waals surface area contributed by atoms with Crippen LogP contribution in [0.2, 0.25) is 0 Å². The highest BCUT2D eigenvalue weighted by atomic mass is 19.3. The van der Waals surface area contributed by atoms with Crippen molar-refractivity contribution in [1.29, 1.82) is 0 Å². The van der Waals surface area contributed by atoms with Crippen molar-refractivity contribution in [2.75, 3.05) is 40.6 Å². The quantitative estimate of drug-likeness (QED) is 0.231. The Labute approximate surface area is 222 Å². The molecule has 1 saturated heterocycles. The predicted molar refractivity (Wildman–Crippen MR) is 144 cm³/mol. The van der Waals surface area contributed by atoms with Gasteiger partial charge in [0.2, 0.25) is 0 Å². The van der Waals surface area contributed by atoms with Gasteiger partial charge in [0.25, 0.3) is 0 Å². The summed E-state index contributed by atoms with van der Waals surface area (Å²) in [6, 6.07) is 9.15. The fourth-order valence-corrected chi connectivity index (χ4v) is 3.84. The summed E-state index contributed by atoms with van der Waals surface area (Å²) in [4.78, 5) is 8.89. The van der Waals surface area contributed by atoms with Crippen LogP contribution < -0.4 is 14.8 Å². The molecule has 0 amide bonds. The van der Waals surface area contributed by atoms with E-state index in [-0.39, 0.29) is 11.7 Å². The molecule has 2 N–H and O–H groups in total. The number of ether oxygens (including phenoxy) is 4. The normalized spacial score (nSPS) is 15.9. The number of nitrogens with zero attached hydrogens (tertiary/aromatic N) is 2. The van der Waals surface area contributed by atoms with Crippen molar-refractivity contribution >= 4 is 17.7 Å². The monoisotopic (exact) mass is 533 g/mol. The first-order chi connectivity index (χ1) is 18.0. The molecule has 1 atom stereocenters. The summed E-state index contributed by atoms with van der Waals surface area (Å²) < 4.78 is 51.9. The number of halogens is 2. The summed E-state index contributed by atoms with van der Waals surface area (Å²) in [5.74, 6) is -1.93. The molecular formula is C28H37F2N3O5. The molecule has 10 heteroatoms. The topological polar surface area (TPSA) is 93.9 Å². The van der Waals surface area contributed by atoms with Gasteiger partial charge in [-0.15, -0.1) is 0 Å². The van der Waals surface area contributed by atoms with E-state index in [2.05, 4.69) is 15.3 Å². The van der Waals surface area contributed by atoms with E-state index in [1.807, 2.05) is 6.92 Å². The van der Waals surface area contributed by atoms with E-state index in [9.17, 15) is 13.9 Å². The van der Waals surface area contributed by atoms with Crippen molar-refractivity contribution in [3.63, 3.8) is 0 Å². The first kappa shape index (κ1) is 29.5. The largest absolute Gasteiger partial charge is 0.493 e. The van der Waals surface area contributed by atoms with Crippen LogP contribution in [0.3, 0.4) is 0 Å². The van der Waals surface area contributed by atoms with Crippen LogP contribution in [0.1, 0.15) is 50.4 Å². The van der Waals surface area contributed by atoms with Crippen LogP contribution in [-0.4, -0.2) is 69.4 Å². The van der Waals surface area contributed by atoms with Crippen LogP contribution in [0.25, 0.3) is 0 Å². The fraction of sp³-hybridized carbons (Fsp3) is 0.500. The zero-order chi connectivity index (χ0) is 27.9. The fourth-order valence-electron chi connectivity index (χ4n) is 3.84. The Bertz CT molecular complexity index is 1140. The number of aliphatic imine (C=N–C) groups is 2. The standard InChI is InChI=1S/C28H37F2N3O5/c1-7-32-23-15-24(35-6)25(38-12-11-37-21-16-36-17-21)14-22(23)26(31-5)33-18(2)19-9-8-10-20(13-19)28(29,30)27(3,4)34/h7-10,13-15,18,21,34H,11-12,16-17H2,1-6H3,(H,31,33)/t18-/m1/s1. The van der Waals surface area contributed by atoms with Gasteiger partial charge in [-0.1, -0.05) is 18.2 Å². The van der Waals surface area contributed by atoms with Crippen molar-refractivity contribution in [2.24, 2.45) is 9.98 Å². The molecule has 0 unspecified atom stereocenters. The Morgan fingerprint density at radius 2 is 1.95 bits per heavy atom. The first-order valence-electron chi connectivity index (χ1n) is 12.5. The Kier molecular flexibility index (Phi) is 9.81. The molecule has 1 heterocycles. The molecule has 0 spiro atoms. The number of hydrogen-bond donors (Lipinski definition) is 2. The van der Waals surface area contributed by atoms with Gasteiger partial charge in [-0.3, -0.25) is 9.98 Å². The number of methoxy groups -OCH3 is 1. The van der Waals surface area contributed by atoms with Gasteiger partial charge in [-0.05, 0) is 45.4 Å². The molecule has 208 valence electrons. The third kappa shape index (κ3) is 6.86. The number of nitrogens with one attached hydrogen (secondary N) is 1. The maximum atomic E-state index is 14.8. The average Bonchev–Trinajstić information content (AvgIpc) is 2.86. The second-order valence-electron chi connectivity index (χ2n) is 9.48. The van der Waals surface area contributed by atoms with Crippen LogP contribution in [0.15, 0.2) is 46.4 Å². The van der Waals surface area contributed by atoms with E-state index in [0.717, 1.165) is 13.8 Å². The summed E-state index contributed by atoms with van der Waals surface area (Å²) in [6.45, 7) is 7.73. The van der Waals surface area contributed by atoms with Crippen molar-refractivity contribution in [1.82, 2.24) is 5.32 Å². The number of alkyl halides is 2. The van der Waals surface area contributed by atoms with E-state index in [1.165, 1.54) is 12.1 Å². The van der Waals surface area contributed by atoms with Crippen LogP contribution >= 0.6 is 0 Å². The molecule has 38 heavy (non-hydrogen) atoms. The summed E-state index contributed by atoms with van der Waals surface area (Å²) in [5.41, 5.74) is -0.614. The average molecular weight is 534 g/mol. The smallest absolute Gasteiger partial charge is 0.300 e. The molecule has 3 rings (SSSR count). The summed E-state index contributed by atoms with van der Waals surface area (Å²) in [7, 11) is 3.18. The molecular weight excluding hydrogens is 496 g/mol. The zero-order valence-electron chi connectivity index (χ0n) is 22.8. The molecule has 0 bridgehead atoms. The minimum atomic E-state index is -3.43. The molecule has 2 aromatic carbocycles. The summed E-state index contributed by atoms with van der Waals surface area (Å²) in [5, 5.41) is 13.3. The van der Waals surface area contributed by atoms with E-state index in [1.54, 1.807) is 51.6 Å². The lowest BCUT2D eigenvalue weighted by atomic mass is 9.91. The predicted octanol–water partition coefficient (Wildman–Crippen LogP) is 4.80. The second-order valence-corrected chi connectivity index (χ2v) is 9.48. The Morgan fingerprint density at radius 1 is 1.21 bits per heavy atom. The Balaban J connectivity index is 1.85. The maximum Gasteiger partial charge on any atom is 0.300 e. The number of amidine groups is 1. The molecule has 1 aliphatic heterocycles. The van der Waals surface area contributed by atoms with Gasteiger partial charge in [-0.2, -0.15) is 8.78 Å². The highest BCUT2D eigenvalue weighted by Gasteiger charge is 2.47. The van der Waals surface area contributed by atoms with Gasteiger partial charge in [-0.25, -0.2) is 0 Å². The molecule has 0 aromatic heterocycles. The maximum absolute atomic E-state index is 14.8. The number of aliphatic hydroxyl groups is 1. The Hall–Kier alpha value is -3.08. The number of benzene rings is 2. The van der Waals surface area contributed by atoms with Crippen molar-refractivity contribution < 1.29 is 32.8 Å². The van der Waals surface area contributed by atoms with Gasteiger partial charge in [0.1, 0.15) is 24.1 Å². The molecule has 8 nitrogen and oxygen atoms in total. The molecule has 0 radical (unpaired) electrons. The number of rotatable bonds is 12. The van der Waals surface area contributed by atoms with Gasteiger partial charge in [0.15, 0.2) is 11.5 Å². The highest BCUT2D eigenvalue weighted by Crippen LogP contribution is 2.39. The van der Waals surface area contributed by atoms with Gasteiger partial charge >= 0.3 is 5.92 Å². The van der Waals surface area contributed by atoms with Crippen LogP contribution in [0, 0.1) is 0 Å². The zero-order valence-corrected chi connectivity index (χ0v) is 22.8. The van der Waals surface area contributed by atoms with E-state index in [4.69, 9.17) is 18.9 Å². The highest BCUT2D eigenvalue weighted by molar-refractivity contribution is 6.04. The SMILES string of the molecule is CC=Nc1cc(OC)c(OCCOC2COC2)cc1C(=NC)N[C@H](C)c1cccc(C(F)(F)C(C)(C)O)c1. The van der Waals surface area contributed by atoms with Gasteiger partial charge < -0.3 is 29.4 Å². The van der Waals surface area contributed by atoms with Crippen LogP contribution in [-0.2, 0) is 15.4 Å². The third-order valence-corrected chi connectivity index (χ3v) is 6.20. The lowest BCUT2D eigenvalue weighted by molar-refractivity contribution is -0.168. The van der Waals surface area contributed by atoms with Gasteiger partial charge in [0, 0.05) is 36.5 Å². The minimum absolute atomic E-state index is 0.101. The van der Waals surface area contributed by atoms with E-state index >= 15 is 0 Å². The van der Waals surface area contributed by atoms with E-state index in [0.29, 0.717) is 60.6 Å². The molecule has 0 aliphatic carbocycles. The van der Waals surface area contributed by atoms with Crippen LogP contribution in [0.4, 0.5) is 14.5 Å². The minimum Gasteiger partial charge on any atom is -0.493 e. The Morgan fingerprint density at radius 3 is 2.53 bits per heavy atom. The third-order valence-electron chi connectivity index (χ3n) is 6.20. The lowest BCUT2D eigenvalue weighted by Crippen LogP contribution is -2.40. The number of hydrogen-bond acceptors (Lipinski definition) is 7. The molecule has 1 aliphatic rings. The second kappa shape index (κ2) is 12.6. The summed E-state index contributed by atoms with van der Waals surface area (Å²) >= 11 is 0. The van der Waals surface area contributed by atoms with Crippen LogP contribution in [0.5, 0.6) is 11.5 Å². The van der Waals surface area contributed by atoms with Crippen molar-refractivity contribution in [3.8, 4) is 11.5 Å². The van der Waals surface area contributed by atoms with E-state index < -0.39 is 17.6 Å². The van der Waals surface area contributed by atoms with Gasteiger partial charge in [0.05, 0.1) is 32.6 Å². The van der Waals surface area contributed by atoms with Crippen molar-refractivity contribution in [2.45, 2.75) is 51.4 Å². The molecule has 2 aromatic rings. The molecule has 0 saturated carbocycles. The lowest BCUT2D eigenvalue weighted by Gasteiger charge is -2.30. The summed E-state index contributed by atoms with van der Waals surface area (Å²) in [6.07, 6.45) is 1.76.